The fraction of sp³-hybridized carbons (Fsp3) is 0.667. The van der Waals surface area contributed by atoms with Gasteiger partial charge >= 0.3 is 5.97 Å². The van der Waals surface area contributed by atoms with Gasteiger partial charge in [0.05, 0.1) is 6.61 Å². The van der Waals surface area contributed by atoms with Crippen LogP contribution in [-0.4, -0.2) is 59.9 Å². The van der Waals surface area contributed by atoms with Crippen molar-refractivity contribution in [2.45, 2.75) is 91.4 Å². The Morgan fingerprint density at radius 1 is 1.14 bits per heavy atom. The van der Waals surface area contributed by atoms with E-state index in [1.54, 1.807) is 19.1 Å². The highest BCUT2D eigenvalue weighted by Gasteiger charge is 2.50. The molecule has 0 saturated heterocycles. The highest BCUT2D eigenvalue weighted by molar-refractivity contribution is 6.00. The van der Waals surface area contributed by atoms with Gasteiger partial charge in [-0.2, -0.15) is 0 Å². The number of ether oxygens (including phenoxy) is 3. The van der Waals surface area contributed by atoms with Crippen LogP contribution >= 0.6 is 0 Å². The number of aliphatic hydroxyl groups excluding tert-OH is 1. The lowest BCUT2D eigenvalue weighted by Gasteiger charge is -2.29. The van der Waals surface area contributed by atoms with Gasteiger partial charge in [-0.15, -0.1) is 0 Å². The van der Waals surface area contributed by atoms with Gasteiger partial charge in [-0.25, -0.2) is 4.99 Å². The van der Waals surface area contributed by atoms with Crippen molar-refractivity contribution < 1.29 is 28.9 Å². The molecule has 2 N–H and O–H groups in total. The van der Waals surface area contributed by atoms with Crippen LogP contribution in [-0.2, 0) is 19.1 Å². The largest absolute Gasteiger partial charge is 0.494 e. The molecule has 0 fully saturated rings. The quantitative estimate of drug-likeness (QED) is 0.358. The van der Waals surface area contributed by atoms with E-state index in [0.29, 0.717) is 36.8 Å². The van der Waals surface area contributed by atoms with Gasteiger partial charge in [0.25, 0.3) is 5.91 Å². The fourth-order valence-corrected chi connectivity index (χ4v) is 3.64. The van der Waals surface area contributed by atoms with Gasteiger partial charge < -0.3 is 24.6 Å². The maximum atomic E-state index is 13.4. The molecule has 1 aliphatic rings. The molecule has 1 heterocycles. The zero-order valence-electron chi connectivity index (χ0n) is 22.3. The summed E-state index contributed by atoms with van der Waals surface area (Å²) >= 11 is 0. The summed E-state index contributed by atoms with van der Waals surface area (Å²) in [6.07, 6.45) is 1.03. The second-order valence-electron chi connectivity index (χ2n) is 11.2. The maximum Gasteiger partial charge on any atom is 0.306 e. The van der Waals surface area contributed by atoms with Crippen molar-refractivity contribution >= 4 is 17.8 Å². The van der Waals surface area contributed by atoms with Crippen LogP contribution in [0.15, 0.2) is 29.3 Å². The van der Waals surface area contributed by atoms with E-state index in [-0.39, 0.29) is 36.7 Å². The number of esters is 1. The number of aliphatic hydroxyl groups is 1. The Morgan fingerprint density at radius 2 is 1.80 bits per heavy atom. The normalized spacial score (nSPS) is 20.1. The maximum absolute atomic E-state index is 13.4. The number of benzene rings is 1. The molecule has 0 unspecified atom stereocenters. The van der Waals surface area contributed by atoms with E-state index in [9.17, 15) is 9.59 Å². The monoisotopic (exact) mass is 490 g/mol. The zero-order chi connectivity index (χ0) is 26.3. The van der Waals surface area contributed by atoms with Crippen molar-refractivity contribution in [1.29, 1.82) is 0 Å². The number of amides is 1. The average molecular weight is 491 g/mol. The molecule has 2 atom stereocenters. The van der Waals surface area contributed by atoms with E-state index in [1.807, 2.05) is 32.9 Å². The van der Waals surface area contributed by atoms with Crippen LogP contribution in [0, 0.1) is 5.41 Å². The molecular formula is C27H42N2O6. The molecule has 0 saturated carbocycles. The molecule has 0 spiro atoms. The first-order valence-electron chi connectivity index (χ1n) is 12.4. The molecule has 0 bridgehead atoms. The Balaban J connectivity index is 2.24. The molecule has 8 heteroatoms. The first kappa shape index (κ1) is 28.6. The van der Waals surface area contributed by atoms with E-state index in [2.05, 4.69) is 26.1 Å². The van der Waals surface area contributed by atoms with Gasteiger partial charge in [-0.05, 0) is 70.2 Å². The molecule has 1 aromatic carbocycles. The SMILES string of the molecule is C[C@H]1OC(c2ccc(OCCCO)cc2)=N[C@@]1(CCC(=O)OC(C)(C)C)C(=O)NCCC(C)(C)C. The highest BCUT2D eigenvalue weighted by Crippen LogP contribution is 2.34. The third-order valence-electron chi connectivity index (χ3n) is 5.62. The standard InChI is InChI=1S/C27H42N2O6/c1-19-27(14-13-22(31)35-26(5,6)7,24(32)28-16-15-25(2,3)4)29-23(34-19)20-9-11-21(12-10-20)33-18-8-17-30/h9-12,19,30H,8,13-18H2,1-7H3,(H,28,32)/t19-,27-/m1/s1. The molecular weight excluding hydrogens is 448 g/mol. The molecule has 2 rings (SSSR count). The minimum Gasteiger partial charge on any atom is -0.494 e. The highest BCUT2D eigenvalue weighted by atomic mass is 16.6. The number of carbonyl (C=O) groups is 2. The Kier molecular flexibility index (Phi) is 9.72. The summed E-state index contributed by atoms with van der Waals surface area (Å²) in [5.74, 6) is 0.399. The van der Waals surface area contributed by atoms with Crippen molar-refractivity contribution in [3.8, 4) is 5.75 Å². The second kappa shape index (κ2) is 11.9. The Hall–Kier alpha value is -2.61. The lowest BCUT2D eigenvalue weighted by molar-refractivity contribution is -0.155. The number of hydrogen-bond acceptors (Lipinski definition) is 7. The Morgan fingerprint density at radius 3 is 2.37 bits per heavy atom. The van der Waals surface area contributed by atoms with Crippen molar-refractivity contribution in [2.24, 2.45) is 10.4 Å². The average Bonchev–Trinajstić information content (AvgIpc) is 3.08. The molecule has 1 aromatic rings. The van der Waals surface area contributed by atoms with Crippen molar-refractivity contribution in [3.63, 3.8) is 0 Å². The first-order valence-corrected chi connectivity index (χ1v) is 12.4. The third-order valence-corrected chi connectivity index (χ3v) is 5.62. The van der Waals surface area contributed by atoms with Crippen LogP contribution in [0.1, 0.15) is 79.7 Å². The van der Waals surface area contributed by atoms with Gasteiger partial charge in [-0.3, -0.25) is 9.59 Å². The third kappa shape index (κ3) is 8.84. The molecule has 1 amide bonds. The number of nitrogens with zero attached hydrogens (tertiary/aromatic N) is 1. The van der Waals surface area contributed by atoms with Gasteiger partial charge in [-0.1, -0.05) is 20.8 Å². The number of nitrogens with one attached hydrogen (secondary N) is 1. The lowest BCUT2D eigenvalue weighted by atomic mass is 9.87. The summed E-state index contributed by atoms with van der Waals surface area (Å²) in [6, 6.07) is 7.24. The molecule has 196 valence electrons. The summed E-state index contributed by atoms with van der Waals surface area (Å²) in [5.41, 5.74) is -1.05. The summed E-state index contributed by atoms with van der Waals surface area (Å²) < 4.78 is 17.1. The Labute approximate surface area is 209 Å². The van der Waals surface area contributed by atoms with Crippen LogP contribution in [0.3, 0.4) is 0 Å². The molecule has 8 nitrogen and oxygen atoms in total. The predicted octanol–water partition coefficient (Wildman–Crippen LogP) is 4.03. The van der Waals surface area contributed by atoms with E-state index in [1.165, 1.54) is 0 Å². The molecule has 0 radical (unpaired) electrons. The van der Waals surface area contributed by atoms with Crippen LogP contribution < -0.4 is 10.1 Å². The molecule has 0 aliphatic carbocycles. The van der Waals surface area contributed by atoms with Crippen molar-refractivity contribution in [1.82, 2.24) is 5.32 Å². The number of carbonyl (C=O) groups excluding carboxylic acids is 2. The lowest BCUT2D eigenvalue weighted by Crippen LogP contribution is -2.51. The van der Waals surface area contributed by atoms with E-state index in [0.717, 1.165) is 6.42 Å². The minimum atomic E-state index is -1.24. The Bertz CT molecular complexity index is 882. The van der Waals surface area contributed by atoms with E-state index >= 15 is 0 Å². The predicted molar refractivity (Wildman–Crippen MR) is 136 cm³/mol. The second-order valence-corrected chi connectivity index (χ2v) is 11.2. The first-order chi connectivity index (χ1) is 16.3. The smallest absolute Gasteiger partial charge is 0.306 e. The van der Waals surface area contributed by atoms with Gasteiger partial charge in [0, 0.05) is 31.6 Å². The fourth-order valence-electron chi connectivity index (χ4n) is 3.64. The zero-order valence-corrected chi connectivity index (χ0v) is 22.3. The van der Waals surface area contributed by atoms with Crippen LogP contribution in [0.25, 0.3) is 0 Å². The van der Waals surface area contributed by atoms with Crippen molar-refractivity contribution in [3.05, 3.63) is 29.8 Å². The number of hydrogen-bond donors (Lipinski definition) is 2. The van der Waals surface area contributed by atoms with Gasteiger partial charge in [0.15, 0.2) is 5.54 Å². The molecule has 0 aromatic heterocycles. The summed E-state index contributed by atoms with van der Waals surface area (Å²) in [7, 11) is 0. The van der Waals surface area contributed by atoms with Crippen LogP contribution in [0.4, 0.5) is 0 Å². The summed E-state index contributed by atoms with van der Waals surface area (Å²) in [5, 5.41) is 11.9. The molecule has 35 heavy (non-hydrogen) atoms. The van der Waals surface area contributed by atoms with Gasteiger partial charge in [0.1, 0.15) is 17.5 Å². The summed E-state index contributed by atoms with van der Waals surface area (Å²) in [4.78, 5) is 30.7. The minimum absolute atomic E-state index is 0.0477. The van der Waals surface area contributed by atoms with Gasteiger partial charge in [0.2, 0.25) is 5.90 Å². The van der Waals surface area contributed by atoms with E-state index < -0.39 is 17.2 Å². The van der Waals surface area contributed by atoms with Crippen LogP contribution in [0.2, 0.25) is 0 Å². The topological polar surface area (TPSA) is 106 Å². The number of aliphatic imine (C=N–C) groups is 1. The van der Waals surface area contributed by atoms with Crippen LogP contribution in [0.5, 0.6) is 5.75 Å². The number of rotatable bonds is 11. The van der Waals surface area contributed by atoms with Crippen molar-refractivity contribution in [2.75, 3.05) is 19.8 Å². The molecule has 1 aliphatic heterocycles. The summed E-state index contributed by atoms with van der Waals surface area (Å²) in [6.45, 7) is 14.6. The van der Waals surface area contributed by atoms with E-state index in [4.69, 9.17) is 24.3 Å².